The summed E-state index contributed by atoms with van der Waals surface area (Å²) < 4.78 is 10.8. The molecule has 1 aromatic carbocycles. The van der Waals surface area contributed by atoms with E-state index in [0.717, 1.165) is 31.7 Å². The summed E-state index contributed by atoms with van der Waals surface area (Å²) in [4.78, 5) is 14.0. The van der Waals surface area contributed by atoms with Crippen molar-refractivity contribution in [3.63, 3.8) is 0 Å². The number of methoxy groups -OCH3 is 1. The van der Waals surface area contributed by atoms with E-state index >= 15 is 0 Å². The van der Waals surface area contributed by atoms with Crippen LogP contribution >= 0.6 is 0 Å². The Hall–Kier alpha value is -1.75. The van der Waals surface area contributed by atoms with Gasteiger partial charge in [0, 0.05) is 18.7 Å². The van der Waals surface area contributed by atoms with E-state index in [4.69, 9.17) is 9.47 Å². The second-order valence-electron chi connectivity index (χ2n) is 5.71. The maximum absolute atomic E-state index is 12.2. The topological polar surface area (TPSA) is 50.8 Å². The van der Waals surface area contributed by atoms with Gasteiger partial charge < -0.3 is 19.7 Å². The van der Waals surface area contributed by atoms with Crippen molar-refractivity contribution < 1.29 is 14.3 Å². The quantitative estimate of drug-likeness (QED) is 0.874. The molecule has 0 saturated carbocycles. The van der Waals surface area contributed by atoms with Gasteiger partial charge in [-0.15, -0.1) is 0 Å². The van der Waals surface area contributed by atoms with Gasteiger partial charge in [-0.3, -0.25) is 0 Å². The molecule has 0 aromatic heterocycles. The van der Waals surface area contributed by atoms with Crippen molar-refractivity contribution in [2.75, 3.05) is 26.8 Å². The van der Waals surface area contributed by atoms with Gasteiger partial charge in [-0.25, -0.2) is 4.79 Å². The van der Waals surface area contributed by atoms with Gasteiger partial charge in [0.05, 0.1) is 19.8 Å². The number of benzene rings is 1. The monoisotopic (exact) mass is 320 g/mol. The molecule has 0 fully saturated rings. The van der Waals surface area contributed by atoms with E-state index in [-0.39, 0.29) is 12.1 Å². The predicted octanol–water partition coefficient (Wildman–Crippen LogP) is 3.27. The summed E-state index contributed by atoms with van der Waals surface area (Å²) in [7, 11) is 1.70. The number of carbonyl (C=O) groups excluding carboxylic acids is 1. The van der Waals surface area contributed by atoms with E-state index in [1.54, 1.807) is 7.11 Å². The Morgan fingerprint density at radius 2 is 2.13 bits per heavy atom. The minimum absolute atomic E-state index is 0.0554. The Balaban J connectivity index is 2.34. The maximum atomic E-state index is 12.2. The first-order valence-corrected chi connectivity index (χ1v) is 8.49. The molecule has 128 valence electrons. The van der Waals surface area contributed by atoms with Crippen LogP contribution in [0.1, 0.15) is 49.9 Å². The Morgan fingerprint density at radius 1 is 1.35 bits per heavy atom. The summed E-state index contributed by atoms with van der Waals surface area (Å²) in [6, 6.07) is 4.38. The average Bonchev–Trinajstić information content (AvgIpc) is 2.57. The molecular weight excluding hydrogens is 292 g/mol. The van der Waals surface area contributed by atoms with Gasteiger partial charge in [-0.1, -0.05) is 19.9 Å². The van der Waals surface area contributed by atoms with Crippen LogP contribution in [-0.4, -0.2) is 37.8 Å². The molecule has 1 heterocycles. The third kappa shape index (κ3) is 3.78. The van der Waals surface area contributed by atoms with Gasteiger partial charge >= 0.3 is 6.09 Å². The predicted molar refractivity (Wildman–Crippen MR) is 90.8 cm³/mol. The fourth-order valence-electron chi connectivity index (χ4n) is 3.24. The molecule has 1 aliphatic heterocycles. The van der Waals surface area contributed by atoms with Gasteiger partial charge in [-0.2, -0.15) is 0 Å². The number of nitrogens with zero attached hydrogens (tertiary/aromatic N) is 1. The van der Waals surface area contributed by atoms with Crippen molar-refractivity contribution in [3.05, 3.63) is 28.8 Å². The van der Waals surface area contributed by atoms with Crippen molar-refractivity contribution in [2.45, 2.75) is 46.2 Å². The number of carbonyl (C=O) groups is 1. The lowest BCUT2D eigenvalue weighted by atomic mass is 9.89. The minimum atomic E-state index is -0.222. The molecule has 23 heavy (non-hydrogen) atoms. The van der Waals surface area contributed by atoms with Crippen LogP contribution in [0, 0.1) is 0 Å². The molecule has 1 N–H and O–H groups in total. The van der Waals surface area contributed by atoms with Crippen LogP contribution in [0.15, 0.2) is 12.1 Å². The number of fused-ring (bicyclic) bond motifs is 1. The lowest BCUT2D eigenvalue weighted by Crippen LogP contribution is -2.40. The lowest BCUT2D eigenvalue weighted by Gasteiger charge is -2.36. The van der Waals surface area contributed by atoms with Crippen molar-refractivity contribution in [3.8, 4) is 5.75 Å². The minimum Gasteiger partial charge on any atom is -0.496 e. The van der Waals surface area contributed by atoms with Crippen LogP contribution in [0.3, 0.4) is 0 Å². The van der Waals surface area contributed by atoms with Gasteiger partial charge in [0.1, 0.15) is 5.75 Å². The fourth-order valence-corrected chi connectivity index (χ4v) is 3.24. The average molecular weight is 320 g/mol. The maximum Gasteiger partial charge on any atom is 0.410 e. The van der Waals surface area contributed by atoms with Gasteiger partial charge in [0.2, 0.25) is 0 Å². The highest BCUT2D eigenvalue weighted by Gasteiger charge is 2.31. The summed E-state index contributed by atoms with van der Waals surface area (Å²) in [5.41, 5.74) is 3.67. The van der Waals surface area contributed by atoms with Crippen LogP contribution in [-0.2, 0) is 17.7 Å². The number of nitrogens with one attached hydrogen (secondary N) is 1. The van der Waals surface area contributed by atoms with E-state index in [1.165, 1.54) is 16.7 Å². The first kappa shape index (κ1) is 17.6. The summed E-state index contributed by atoms with van der Waals surface area (Å²) >= 11 is 0. The third-order valence-electron chi connectivity index (χ3n) is 4.35. The van der Waals surface area contributed by atoms with E-state index in [1.807, 2.05) is 11.8 Å². The number of rotatable bonds is 6. The van der Waals surface area contributed by atoms with Crippen molar-refractivity contribution in [1.29, 1.82) is 0 Å². The second kappa shape index (κ2) is 8.20. The normalized spacial score (nSPS) is 16.9. The lowest BCUT2D eigenvalue weighted by molar-refractivity contribution is 0.0854. The summed E-state index contributed by atoms with van der Waals surface area (Å²) in [5, 5.41) is 3.35. The highest BCUT2D eigenvalue weighted by Crippen LogP contribution is 2.36. The first-order chi connectivity index (χ1) is 11.2. The van der Waals surface area contributed by atoms with E-state index in [9.17, 15) is 4.79 Å². The standard InChI is InChI=1S/C18H28N2O3/c1-5-16-15-11-17(22-4)14(12-19-6-2)10-13(15)8-9-20(16)18(21)23-7-3/h10-11,16,19H,5-9,12H2,1-4H3. The molecule has 5 nitrogen and oxygen atoms in total. The summed E-state index contributed by atoms with van der Waals surface area (Å²) in [5.74, 6) is 0.883. The highest BCUT2D eigenvalue weighted by atomic mass is 16.6. The third-order valence-corrected chi connectivity index (χ3v) is 4.35. The Labute approximate surface area is 139 Å². The Bertz CT molecular complexity index is 545. The molecule has 1 unspecified atom stereocenters. The zero-order valence-corrected chi connectivity index (χ0v) is 14.6. The molecule has 1 aliphatic rings. The molecule has 1 atom stereocenters. The van der Waals surface area contributed by atoms with Gasteiger partial charge in [0.15, 0.2) is 0 Å². The van der Waals surface area contributed by atoms with Gasteiger partial charge in [-0.05, 0) is 43.5 Å². The summed E-state index contributed by atoms with van der Waals surface area (Å²) in [6.07, 6.45) is 1.50. The van der Waals surface area contributed by atoms with Crippen LogP contribution < -0.4 is 10.1 Å². The second-order valence-corrected chi connectivity index (χ2v) is 5.71. The number of amides is 1. The SMILES string of the molecule is CCNCc1cc2c(cc1OC)C(CC)N(C(=O)OCC)CC2. The zero-order chi connectivity index (χ0) is 16.8. The van der Waals surface area contributed by atoms with E-state index < -0.39 is 0 Å². The molecule has 0 bridgehead atoms. The molecule has 0 radical (unpaired) electrons. The molecule has 0 aliphatic carbocycles. The number of hydrogen-bond donors (Lipinski definition) is 1. The highest BCUT2D eigenvalue weighted by molar-refractivity contribution is 5.69. The van der Waals surface area contributed by atoms with Crippen molar-refractivity contribution >= 4 is 6.09 Å². The molecule has 1 aromatic rings. The van der Waals surface area contributed by atoms with Crippen LogP contribution in [0.4, 0.5) is 4.79 Å². The molecule has 5 heteroatoms. The molecule has 1 amide bonds. The molecular formula is C18H28N2O3. The van der Waals surface area contributed by atoms with Crippen molar-refractivity contribution in [1.82, 2.24) is 10.2 Å². The smallest absolute Gasteiger partial charge is 0.410 e. The van der Waals surface area contributed by atoms with Crippen LogP contribution in [0.5, 0.6) is 5.75 Å². The van der Waals surface area contributed by atoms with Crippen LogP contribution in [0.2, 0.25) is 0 Å². The molecule has 2 rings (SSSR count). The fraction of sp³-hybridized carbons (Fsp3) is 0.611. The Morgan fingerprint density at radius 3 is 2.74 bits per heavy atom. The summed E-state index contributed by atoms with van der Waals surface area (Å²) in [6.45, 7) is 8.87. The number of ether oxygens (including phenoxy) is 2. The van der Waals surface area contributed by atoms with Crippen LogP contribution in [0.25, 0.3) is 0 Å². The van der Waals surface area contributed by atoms with E-state index in [2.05, 4.69) is 31.3 Å². The van der Waals surface area contributed by atoms with Gasteiger partial charge in [0.25, 0.3) is 0 Å². The number of hydrogen-bond acceptors (Lipinski definition) is 4. The largest absolute Gasteiger partial charge is 0.496 e. The Kier molecular flexibility index (Phi) is 6.28. The zero-order valence-electron chi connectivity index (χ0n) is 14.6. The van der Waals surface area contributed by atoms with E-state index in [0.29, 0.717) is 13.2 Å². The van der Waals surface area contributed by atoms with Crippen molar-refractivity contribution in [2.24, 2.45) is 0 Å². The first-order valence-electron chi connectivity index (χ1n) is 8.49. The molecule has 0 saturated heterocycles. The molecule has 0 spiro atoms.